The van der Waals surface area contributed by atoms with E-state index in [0.29, 0.717) is 4.90 Å². The fraction of sp³-hybridized carbons (Fsp3) is 0.250. The van der Waals surface area contributed by atoms with Crippen molar-refractivity contribution >= 4 is 18.2 Å². The van der Waals surface area contributed by atoms with E-state index in [1.165, 1.54) is 6.92 Å². The molecule has 1 N–H and O–H groups in total. The summed E-state index contributed by atoms with van der Waals surface area (Å²) >= 11 is 0. The van der Waals surface area contributed by atoms with Crippen LogP contribution in [-0.2, 0) is 14.3 Å². The van der Waals surface area contributed by atoms with E-state index in [-0.39, 0.29) is 12.5 Å². The fourth-order valence-corrected chi connectivity index (χ4v) is 3.26. The molecule has 0 bridgehead atoms. The number of carbonyl (C=O) groups is 3. The highest BCUT2D eigenvalue weighted by Gasteiger charge is 2.35. The molecule has 0 aromatic heterocycles. The van der Waals surface area contributed by atoms with Gasteiger partial charge < -0.3 is 14.6 Å². The van der Waals surface area contributed by atoms with Crippen molar-refractivity contribution in [2.45, 2.75) is 18.9 Å². The smallest absolute Gasteiger partial charge is 0.420 e. The number of hydrogen-bond donors (Lipinski definition) is 1. The number of nitrogens with zero attached hydrogens (tertiary/aromatic N) is 1. The van der Waals surface area contributed by atoms with E-state index in [0.717, 1.165) is 29.4 Å². The average Bonchev–Trinajstić information content (AvgIpc) is 3.00. The number of imide groups is 1. The maximum Gasteiger partial charge on any atom is 0.420 e. The third-order valence-corrected chi connectivity index (χ3v) is 4.65. The Morgan fingerprint density at radius 3 is 2.00 bits per heavy atom. The fourth-order valence-electron chi connectivity index (χ4n) is 3.26. The SMILES string of the molecule is COC(=O)N(C(=O)OCC1c2ccccc2-c2ccccc21)C(C)C(=O)O. The van der Waals surface area contributed by atoms with Crippen LogP contribution in [0.25, 0.3) is 11.1 Å². The van der Waals surface area contributed by atoms with Gasteiger partial charge in [-0.15, -0.1) is 0 Å². The second-order valence-corrected chi connectivity index (χ2v) is 6.16. The summed E-state index contributed by atoms with van der Waals surface area (Å²) in [7, 11) is 1.07. The van der Waals surface area contributed by atoms with E-state index in [4.69, 9.17) is 9.84 Å². The maximum absolute atomic E-state index is 12.4. The molecule has 2 aromatic rings. The Kier molecular flexibility index (Phi) is 5.12. The number of methoxy groups -OCH3 is 1. The molecule has 7 heteroatoms. The summed E-state index contributed by atoms with van der Waals surface area (Å²) in [6.45, 7) is 1.19. The molecule has 0 heterocycles. The number of carbonyl (C=O) groups excluding carboxylic acids is 2. The highest BCUT2D eigenvalue weighted by Crippen LogP contribution is 2.44. The van der Waals surface area contributed by atoms with E-state index >= 15 is 0 Å². The van der Waals surface area contributed by atoms with E-state index in [1.807, 2.05) is 48.5 Å². The Morgan fingerprint density at radius 2 is 1.52 bits per heavy atom. The first-order chi connectivity index (χ1) is 13.0. The second kappa shape index (κ2) is 7.49. The predicted molar refractivity (Wildman–Crippen MR) is 96.4 cm³/mol. The quantitative estimate of drug-likeness (QED) is 0.887. The number of benzene rings is 2. The number of rotatable bonds is 4. The Hall–Kier alpha value is -3.35. The topological polar surface area (TPSA) is 93.1 Å². The zero-order chi connectivity index (χ0) is 19.6. The number of ether oxygens (including phenoxy) is 2. The van der Waals surface area contributed by atoms with Gasteiger partial charge in [0, 0.05) is 5.92 Å². The van der Waals surface area contributed by atoms with Gasteiger partial charge in [0.1, 0.15) is 12.6 Å². The van der Waals surface area contributed by atoms with E-state index in [9.17, 15) is 14.4 Å². The summed E-state index contributed by atoms with van der Waals surface area (Å²) in [5.41, 5.74) is 4.17. The van der Waals surface area contributed by atoms with E-state index in [2.05, 4.69) is 4.74 Å². The number of hydrogen-bond acceptors (Lipinski definition) is 5. The maximum atomic E-state index is 12.4. The lowest BCUT2D eigenvalue weighted by Crippen LogP contribution is -2.47. The first kappa shape index (κ1) is 18.4. The molecule has 7 nitrogen and oxygen atoms in total. The highest BCUT2D eigenvalue weighted by molar-refractivity contribution is 5.93. The summed E-state index contributed by atoms with van der Waals surface area (Å²) in [5, 5.41) is 9.13. The third-order valence-electron chi connectivity index (χ3n) is 4.65. The molecule has 1 aliphatic carbocycles. The zero-order valence-electron chi connectivity index (χ0n) is 14.9. The predicted octanol–water partition coefficient (Wildman–Crippen LogP) is 3.48. The van der Waals surface area contributed by atoms with Crippen LogP contribution in [0.4, 0.5) is 9.59 Å². The Morgan fingerprint density at radius 1 is 1.00 bits per heavy atom. The lowest BCUT2D eigenvalue weighted by atomic mass is 9.98. The lowest BCUT2D eigenvalue weighted by Gasteiger charge is -2.23. The molecule has 1 atom stereocenters. The van der Waals surface area contributed by atoms with Crippen LogP contribution in [0, 0.1) is 0 Å². The van der Waals surface area contributed by atoms with Gasteiger partial charge in [-0.1, -0.05) is 48.5 Å². The summed E-state index contributed by atoms with van der Waals surface area (Å²) in [5.74, 6) is -1.53. The minimum atomic E-state index is -1.41. The summed E-state index contributed by atoms with van der Waals surface area (Å²) in [4.78, 5) is 35.9. The molecule has 1 aliphatic rings. The molecule has 0 aliphatic heterocycles. The Labute approximate surface area is 156 Å². The van der Waals surface area contributed by atoms with Crippen molar-refractivity contribution in [1.82, 2.24) is 4.90 Å². The molecule has 0 fully saturated rings. The molecule has 140 valence electrons. The van der Waals surface area contributed by atoms with Crippen molar-refractivity contribution in [3.05, 3.63) is 59.7 Å². The van der Waals surface area contributed by atoms with Gasteiger partial charge in [0.25, 0.3) is 0 Å². The van der Waals surface area contributed by atoms with Crippen molar-refractivity contribution in [2.24, 2.45) is 0 Å². The minimum Gasteiger partial charge on any atom is -0.480 e. The van der Waals surface area contributed by atoms with Gasteiger partial charge in [-0.05, 0) is 29.2 Å². The van der Waals surface area contributed by atoms with Crippen LogP contribution in [-0.4, -0.2) is 47.9 Å². The first-order valence-corrected chi connectivity index (χ1v) is 8.40. The van der Waals surface area contributed by atoms with Crippen LogP contribution in [0.15, 0.2) is 48.5 Å². The van der Waals surface area contributed by atoms with Crippen LogP contribution in [0.3, 0.4) is 0 Å². The molecule has 0 saturated carbocycles. The first-order valence-electron chi connectivity index (χ1n) is 8.40. The van der Waals surface area contributed by atoms with E-state index < -0.39 is 24.2 Å². The van der Waals surface area contributed by atoms with Gasteiger partial charge in [-0.25, -0.2) is 14.4 Å². The zero-order valence-corrected chi connectivity index (χ0v) is 14.9. The second-order valence-electron chi connectivity index (χ2n) is 6.16. The Bertz CT molecular complexity index is 848. The van der Waals surface area contributed by atoms with Gasteiger partial charge in [0.05, 0.1) is 7.11 Å². The van der Waals surface area contributed by atoms with Gasteiger partial charge in [-0.3, -0.25) is 0 Å². The minimum absolute atomic E-state index is 0.0211. The van der Waals surface area contributed by atoms with Crippen molar-refractivity contribution in [2.75, 3.05) is 13.7 Å². The van der Waals surface area contributed by atoms with E-state index in [1.54, 1.807) is 0 Å². The third kappa shape index (κ3) is 3.36. The Balaban J connectivity index is 1.82. The van der Waals surface area contributed by atoms with Gasteiger partial charge in [0.2, 0.25) is 0 Å². The number of fused-ring (bicyclic) bond motifs is 3. The van der Waals surface area contributed by atoms with Crippen molar-refractivity contribution in [1.29, 1.82) is 0 Å². The summed E-state index contributed by atoms with van der Waals surface area (Å²) in [6, 6.07) is 14.2. The summed E-state index contributed by atoms with van der Waals surface area (Å²) in [6.07, 6.45) is -2.14. The molecule has 3 rings (SSSR count). The standard InChI is InChI=1S/C20H19NO6/c1-12(18(22)23)21(19(24)26-2)20(25)27-11-17-15-9-5-3-7-13(15)14-8-4-6-10-16(14)17/h3-10,12,17H,11H2,1-2H3,(H,22,23). The normalized spacial score (nSPS) is 13.3. The molecule has 0 saturated heterocycles. The summed E-state index contributed by atoms with van der Waals surface area (Å²) < 4.78 is 9.83. The van der Waals surface area contributed by atoms with Gasteiger partial charge in [-0.2, -0.15) is 4.90 Å². The monoisotopic (exact) mass is 369 g/mol. The number of aliphatic carboxylic acids is 1. The largest absolute Gasteiger partial charge is 0.480 e. The molecule has 2 aromatic carbocycles. The van der Waals surface area contributed by atoms with Crippen LogP contribution < -0.4 is 0 Å². The molecule has 0 spiro atoms. The van der Waals surface area contributed by atoms with Crippen LogP contribution in [0.2, 0.25) is 0 Å². The number of carboxylic acids is 1. The van der Waals surface area contributed by atoms with Gasteiger partial charge >= 0.3 is 18.2 Å². The van der Waals surface area contributed by atoms with Crippen molar-refractivity contribution in [3.63, 3.8) is 0 Å². The van der Waals surface area contributed by atoms with Crippen LogP contribution in [0.1, 0.15) is 24.0 Å². The molecule has 1 unspecified atom stereocenters. The van der Waals surface area contributed by atoms with Crippen LogP contribution >= 0.6 is 0 Å². The number of amides is 2. The molecular formula is C20H19NO6. The number of carboxylic acid groups (broad SMARTS) is 1. The molecule has 2 amide bonds. The van der Waals surface area contributed by atoms with Crippen molar-refractivity contribution in [3.8, 4) is 11.1 Å². The lowest BCUT2D eigenvalue weighted by molar-refractivity contribution is -0.141. The van der Waals surface area contributed by atoms with Crippen molar-refractivity contribution < 1.29 is 29.0 Å². The van der Waals surface area contributed by atoms with Crippen LogP contribution in [0.5, 0.6) is 0 Å². The van der Waals surface area contributed by atoms with Gasteiger partial charge in [0.15, 0.2) is 0 Å². The molecule has 27 heavy (non-hydrogen) atoms. The molecule has 0 radical (unpaired) electrons. The molecular weight excluding hydrogens is 350 g/mol. The highest BCUT2D eigenvalue weighted by atomic mass is 16.6. The average molecular weight is 369 g/mol.